The van der Waals surface area contributed by atoms with Gasteiger partial charge in [0, 0.05) is 13.2 Å². The van der Waals surface area contributed by atoms with Gasteiger partial charge in [-0.15, -0.1) is 11.3 Å². The molecule has 0 aromatic carbocycles. The number of amides is 1. The summed E-state index contributed by atoms with van der Waals surface area (Å²) >= 11 is 1.37. The van der Waals surface area contributed by atoms with Crippen LogP contribution in [-0.4, -0.2) is 40.1 Å². The molecule has 2 atom stereocenters. The SMILES string of the molecule is CN(C(=O)c1sc2cccnc2c1N)C1CCCCC1O. The van der Waals surface area contributed by atoms with E-state index < -0.39 is 6.10 Å². The molecule has 0 spiro atoms. The van der Waals surface area contributed by atoms with Crippen LogP contribution in [0.15, 0.2) is 18.3 Å². The molecule has 3 rings (SSSR count). The molecule has 0 radical (unpaired) electrons. The molecule has 3 N–H and O–H groups in total. The minimum Gasteiger partial charge on any atom is -0.396 e. The van der Waals surface area contributed by atoms with E-state index in [1.54, 1.807) is 18.1 Å². The summed E-state index contributed by atoms with van der Waals surface area (Å²) in [5.74, 6) is -0.124. The maximum atomic E-state index is 12.7. The van der Waals surface area contributed by atoms with Crippen LogP contribution in [0.5, 0.6) is 0 Å². The fourth-order valence-electron chi connectivity index (χ4n) is 2.96. The first-order valence-corrected chi connectivity index (χ1v) is 7.99. The zero-order chi connectivity index (χ0) is 15.0. The largest absolute Gasteiger partial charge is 0.396 e. The van der Waals surface area contributed by atoms with Gasteiger partial charge in [-0.25, -0.2) is 0 Å². The topological polar surface area (TPSA) is 79.5 Å². The molecule has 0 bridgehead atoms. The Labute approximate surface area is 127 Å². The Balaban J connectivity index is 1.91. The van der Waals surface area contributed by atoms with Crippen molar-refractivity contribution in [3.05, 3.63) is 23.2 Å². The Morgan fingerprint density at radius 2 is 2.24 bits per heavy atom. The Kier molecular flexibility index (Phi) is 3.82. The Morgan fingerprint density at radius 3 is 2.95 bits per heavy atom. The van der Waals surface area contributed by atoms with Crippen molar-refractivity contribution in [3.8, 4) is 0 Å². The number of anilines is 1. The van der Waals surface area contributed by atoms with Crippen molar-refractivity contribution in [2.24, 2.45) is 0 Å². The highest BCUT2D eigenvalue weighted by molar-refractivity contribution is 7.21. The zero-order valence-electron chi connectivity index (χ0n) is 12.0. The summed E-state index contributed by atoms with van der Waals surface area (Å²) in [7, 11) is 1.75. The molecule has 1 fully saturated rings. The number of likely N-dealkylation sites (N-methyl/N-ethyl adjacent to an activating group) is 1. The van der Waals surface area contributed by atoms with Crippen molar-refractivity contribution in [1.82, 2.24) is 9.88 Å². The number of thiophene rings is 1. The van der Waals surface area contributed by atoms with Crippen LogP contribution >= 0.6 is 11.3 Å². The van der Waals surface area contributed by atoms with Crippen LogP contribution < -0.4 is 5.73 Å². The molecular formula is C15H19N3O2S. The summed E-state index contributed by atoms with van der Waals surface area (Å²) in [4.78, 5) is 19.1. The van der Waals surface area contributed by atoms with Crippen LogP contribution in [-0.2, 0) is 0 Å². The lowest BCUT2D eigenvalue weighted by atomic mass is 9.91. The van der Waals surface area contributed by atoms with Gasteiger partial charge < -0.3 is 15.7 Å². The van der Waals surface area contributed by atoms with E-state index in [0.717, 1.165) is 30.4 Å². The fraction of sp³-hybridized carbons (Fsp3) is 0.467. The summed E-state index contributed by atoms with van der Waals surface area (Å²) in [6, 6.07) is 3.63. The van der Waals surface area contributed by atoms with Gasteiger partial charge in [0.05, 0.1) is 22.5 Å². The van der Waals surface area contributed by atoms with E-state index in [1.165, 1.54) is 11.3 Å². The van der Waals surface area contributed by atoms with E-state index in [1.807, 2.05) is 12.1 Å². The molecule has 1 aliphatic carbocycles. The number of nitrogens with zero attached hydrogens (tertiary/aromatic N) is 2. The average Bonchev–Trinajstić information content (AvgIpc) is 2.84. The van der Waals surface area contributed by atoms with E-state index in [9.17, 15) is 9.90 Å². The van der Waals surface area contributed by atoms with Crippen LogP contribution in [0.4, 0.5) is 5.69 Å². The second kappa shape index (κ2) is 5.61. The molecule has 21 heavy (non-hydrogen) atoms. The Hall–Kier alpha value is -1.66. The summed E-state index contributed by atoms with van der Waals surface area (Å²) < 4.78 is 0.913. The maximum absolute atomic E-state index is 12.7. The first-order chi connectivity index (χ1) is 10.1. The molecule has 2 aromatic heterocycles. The number of hydrogen-bond donors (Lipinski definition) is 2. The van der Waals surface area contributed by atoms with Gasteiger partial charge in [-0.1, -0.05) is 12.8 Å². The van der Waals surface area contributed by atoms with Crippen LogP contribution in [0, 0.1) is 0 Å². The number of aliphatic hydroxyl groups excluding tert-OH is 1. The number of hydrogen-bond acceptors (Lipinski definition) is 5. The molecule has 2 aromatic rings. The highest BCUT2D eigenvalue weighted by atomic mass is 32.1. The minimum absolute atomic E-state index is 0.121. The fourth-order valence-corrected chi connectivity index (χ4v) is 4.02. The summed E-state index contributed by atoms with van der Waals surface area (Å²) in [6.07, 6.45) is 4.89. The number of pyridine rings is 1. The normalized spacial score (nSPS) is 22.4. The van der Waals surface area contributed by atoms with E-state index in [0.29, 0.717) is 16.1 Å². The lowest BCUT2D eigenvalue weighted by Crippen LogP contribution is -2.46. The summed E-state index contributed by atoms with van der Waals surface area (Å²) in [6.45, 7) is 0. The lowest BCUT2D eigenvalue weighted by Gasteiger charge is -2.35. The average molecular weight is 305 g/mol. The number of nitrogen functional groups attached to an aromatic ring is 1. The van der Waals surface area contributed by atoms with Crippen molar-refractivity contribution in [2.45, 2.75) is 37.8 Å². The van der Waals surface area contributed by atoms with Crippen LogP contribution in [0.2, 0.25) is 0 Å². The van der Waals surface area contributed by atoms with Gasteiger partial charge in [-0.05, 0) is 25.0 Å². The van der Waals surface area contributed by atoms with Crippen molar-refractivity contribution in [3.63, 3.8) is 0 Å². The standard InChI is InChI=1S/C15H19N3O2S/c1-18(9-5-2-3-6-10(9)19)15(20)14-12(16)13-11(21-14)7-4-8-17-13/h4,7-10,19H,2-3,5-6,16H2,1H3. The second-order valence-corrected chi connectivity index (χ2v) is 6.58. The number of fused-ring (bicyclic) bond motifs is 1. The first-order valence-electron chi connectivity index (χ1n) is 7.18. The van der Waals surface area contributed by atoms with E-state index in [2.05, 4.69) is 4.98 Å². The van der Waals surface area contributed by atoms with Gasteiger partial charge >= 0.3 is 0 Å². The minimum atomic E-state index is -0.443. The monoisotopic (exact) mass is 305 g/mol. The predicted molar refractivity (Wildman–Crippen MR) is 84.4 cm³/mol. The Bertz CT molecular complexity index is 670. The maximum Gasteiger partial charge on any atom is 0.266 e. The third-order valence-corrected chi connectivity index (χ3v) is 5.34. The molecule has 6 heteroatoms. The molecule has 2 heterocycles. The van der Waals surface area contributed by atoms with Crippen LogP contribution in [0.25, 0.3) is 10.2 Å². The molecule has 112 valence electrons. The third-order valence-electron chi connectivity index (χ3n) is 4.19. The summed E-state index contributed by atoms with van der Waals surface area (Å²) in [5, 5.41) is 10.1. The van der Waals surface area contributed by atoms with Gasteiger partial charge in [0.2, 0.25) is 0 Å². The highest BCUT2D eigenvalue weighted by Crippen LogP contribution is 2.34. The lowest BCUT2D eigenvalue weighted by molar-refractivity contribution is 0.0271. The number of carbonyl (C=O) groups is 1. The Morgan fingerprint density at radius 1 is 1.48 bits per heavy atom. The molecule has 1 aliphatic rings. The van der Waals surface area contributed by atoms with Gasteiger partial charge in [-0.3, -0.25) is 9.78 Å². The number of nitrogens with two attached hydrogens (primary N) is 1. The number of aliphatic hydroxyl groups is 1. The van der Waals surface area contributed by atoms with Crippen molar-refractivity contribution >= 4 is 33.1 Å². The third kappa shape index (κ3) is 2.49. The smallest absolute Gasteiger partial charge is 0.266 e. The van der Waals surface area contributed by atoms with Gasteiger partial charge in [0.25, 0.3) is 5.91 Å². The van der Waals surface area contributed by atoms with Crippen LogP contribution in [0.1, 0.15) is 35.4 Å². The van der Waals surface area contributed by atoms with E-state index in [-0.39, 0.29) is 11.9 Å². The first kappa shape index (κ1) is 14.3. The van der Waals surface area contributed by atoms with Gasteiger partial charge in [-0.2, -0.15) is 0 Å². The molecule has 1 saturated carbocycles. The van der Waals surface area contributed by atoms with Crippen molar-refractivity contribution in [2.75, 3.05) is 12.8 Å². The molecule has 0 aliphatic heterocycles. The molecule has 1 amide bonds. The number of rotatable bonds is 2. The van der Waals surface area contributed by atoms with E-state index >= 15 is 0 Å². The second-order valence-electron chi connectivity index (χ2n) is 5.53. The summed E-state index contributed by atoms with van der Waals surface area (Å²) in [5.41, 5.74) is 7.21. The molecular weight excluding hydrogens is 286 g/mol. The molecule has 5 nitrogen and oxygen atoms in total. The van der Waals surface area contributed by atoms with Crippen LogP contribution in [0.3, 0.4) is 0 Å². The molecule has 0 saturated heterocycles. The number of carbonyl (C=O) groups excluding carboxylic acids is 1. The van der Waals surface area contributed by atoms with Gasteiger partial charge in [0.1, 0.15) is 10.4 Å². The van der Waals surface area contributed by atoms with Crippen molar-refractivity contribution < 1.29 is 9.90 Å². The van der Waals surface area contributed by atoms with Crippen molar-refractivity contribution in [1.29, 1.82) is 0 Å². The predicted octanol–water partition coefficient (Wildman–Crippen LogP) is 2.25. The molecule has 2 unspecified atom stereocenters. The highest BCUT2D eigenvalue weighted by Gasteiger charge is 2.31. The zero-order valence-corrected chi connectivity index (χ0v) is 12.8. The number of aromatic nitrogens is 1. The van der Waals surface area contributed by atoms with E-state index in [4.69, 9.17) is 5.73 Å². The quantitative estimate of drug-likeness (QED) is 0.892. The van der Waals surface area contributed by atoms with Gasteiger partial charge in [0.15, 0.2) is 0 Å².